The van der Waals surface area contributed by atoms with Crippen molar-refractivity contribution in [1.82, 2.24) is 9.97 Å². The largest absolute Gasteiger partial charge is 0.268 e. The lowest BCUT2D eigenvalue weighted by Gasteiger charge is -2.21. The lowest BCUT2D eigenvalue weighted by Crippen LogP contribution is -2.29. The summed E-state index contributed by atoms with van der Waals surface area (Å²) in [5.41, 5.74) is -0.979. The summed E-state index contributed by atoms with van der Waals surface area (Å²) in [6.45, 7) is 0. The van der Waals surface area contributed by atoms with Crippen LogP contribution in [0.2, 0.25) is 0 Å². The van der Waals surface area contributed by atoms with Crippen LogP contribution in [0.5, 0.6) is 0 Å². The van der Waals surface area contributed by atoms with E-state index in [1.54, 1.807) is 24.3 Å². The van der Waals surface area contributed by atoms with Gasteiger partial charge in [0.2, 0.25) is 0 Å². The van der Waals surface area contributed by atoms with Crippen molar-refractivity contribution < 1.29 is 22.4 Å². The molecule has 0 radical (unpaired) electrons. The third-order valence-corrected chi connectivity index (χ3v) is 3.29. The maximum absolute atomic E-state index is 14.0. The van der Waals surface area contributed by atoms with Gasteiger partial charge in [-0.15, -0.1) is 0 Å². The molecule has 0 aliphatic carbocycles. The molecule has 3 rings (SSSR count). The lowest BCUT2D eigenvalue weighted by molar-refractivity contribution is 0.0992. The molecule has 1 aromatic carbocycles. The Kier molecular flexibility index (Phi) is 4.42. The highest BCUT2D eigenvalue weighted by molar-refractivity contribution is 6.09. The van der Waals surface area contributed by atoms with Crippen LogP contribution in [0.4, 0.5) is 29.2 Å². The smallest absolute Gasteiger partial charge is 0.268 e. The van der Waals surface area contributed by atoms with Crippen LogP contribution < -0.4 is 4.90 Å². The Labute approximate surface area is 139 Å². The van der Waals surface area contributed by atoms with Gasteiger partial charge in [-0.1, -0.05) is 12.1 Å². The van der Waals surface area contributed by atoms with E-state index in [9.17, 15) is 22.4 Å². The van der Waals surface area contributed by atoms with E-state index in [4.69, 9.17) is 0 Å². The molecular weight excluding hydrogens is 338 g/mol. The molecular formula is C17H9F4N3O. The van der Waals surface area contributed by atoms with Gasteiger partial charge in [-0.05, 0) is 30.3 Å². The number of carbonyl (C=O) groups is 1. The Hall–Kier alpha value is -3.29. The predicted molar refractivity (Wildman–Crippen MR) is 81.2 cm³/mol. The third-order valence-electron chi connectivity index (χ3n) is 3.29. The topological polar surface area (TPSA) is 46.1 Å². The highest BCUT2D eigenvalue weighted by Crippen LogP contribution is 2.26. The Balaban J connectivity index is 2.17. The van der Waals surface area contributed by atoms with Gasteiger partial charge in [-0.25, -0.2) is 32.4 Å². The number of amides is 1. The SMILES string of the molecule is O=C(c1cc(F)c(F)c(F)c1F)N(c1ccccn1)c1ccccn1. The number of anilines is 2. The maximum Gasteiger partial charge on any atom is 0.268 e. The van der Waals surface area contributed by atoms with Crippen LogP contribution >= 0.6 is 0 Å². The number of rotatable bonds is 3. The fraction of sp³-hybridized carbons (Fsp3) is 0. The minimum absolute atomic E-state index is 0.0516. The van der Waals surface area contributed by atoms with Gasteiger partial charge in [0.05, 0.1) is 5.56 Å². The molecule has 0 aliphatic heterocycles. The molecule has 2 heterocycles. The molecule has 25 heavy (non-hydrogen) atoms. The van der Waals surface area contributed by atoms with Gasteiger partial charge in [0.15, 0.2) is 23.3 Å². The minimum atomic E-state index is -2.06. The molecule has 126 valence electrons. The summed E-state index contributed by atoms with van der Waals surface area (Å²) < 4.78 is 54.1. The number of halogens is 4. The van der Waals surface area contributed by atoms with Gasteiger partial charge in [0.25, 0.3) is 5.91 Å². The van der Waals surface area contributed by atoms with Crippen LogP contribution in [-0.4, -0.2) is 15.9 Å². The predicted octanol–water partition coefficient (Wildman–Crippen LogP) is 4.01. The van der Waals surface area contributed by atoms with E-state index < -0.39 is 34.7 Å². The Morgan fingerprint density at radius 1 is 0.800 bits per heavy atom. The van der Waals surface area contributed by atoms with E-state index in [0.29, 0.717) is 6.07 Å². The number of nitrogens with zero attached hydrogens (tertiary/aromatic N) is 3. The first-order valence-electron chi connectivity index (χ1n) is 7.00. The van der Waals surface area contributed by atoms with E-state index in [-0.39, 0.29) is 11.6 Å². The summed E-state index contributed by atoms with van der Waals surface area (Å²) in [5.74, 6) is -8.56. The molecule has 2 aromatic heterocycles. The van der Waals surface area contributed by atoms with Crippen LogP contribution in [0.15, 0.2) is 54.9 Å². The zero-order valence-electron chi connectivity index (χ0n) is 12.5. The fourth-order valence-electron chi connectivity index (χ4n) is 2.15. The van der Waals surface area contributed by atoms with Crippen molar-refractivity contribution in [3.63, 3.8) is 0 Å². The zero-order valence-corrected chi connectivity index (χ0v) is 12.5. The molecule has 0 atom stereocenters. The monoisotopic (exact) mass is 347 g/mol. The van der Waals surface area contributed by atoms with Crippen LogP contribution in [0, 0.1) is 23.3 Å². The van der Waals surface area contributed by atoms with Gasteiger partial charge in [-0.2, -0.15) is 0 Å². The molecule has 1 amide bonds. The quantitative estimate of drug-likeness (QED) is 0.409. The zero-order chi connectivity index (χ0) is 18.0. The molecule has 0 saturated heterocycles. The maximum atomic E-state index is 14.0. The minimum Gasteiger partial charge on any atom is -0.268 e. The van der Waals surface area contributed by atoms with Crippen LogP contribution in [-0.2, 0) is 0 Å². The molecule has 0 unspecified atom stereocenters. The number of benzene rings is 1. The molecule has 3 aromatic rings. The van der Waals surface area contributed by atoms with Crippen molar-refractivity contribution in [3.8, 4) is 0 Å². The third kappa shape index (κ3) is 3.06. The van der Waals surface area contributed by atoms with Crippen LogP contribution in [0.3, 0.4) is 0 Å². The average molecular weight is 347 g/mol. The van der Waals surface area contributed by atoms with Gasteiger partial charge in [0, 0.05) is 12.4 Å². The Morgan fingerprint density at radius 3 is 1.84 bits per heavy atom. The summed E-state index contributed by atoms with van der Waals surface area (Å²) in [5, 5.41) is 0. The highest BCUT2D eigenvalue weighted by Gasteiger charge is 2.29. The molecule has 0 fully saturated rings. The van der Waals surface area contributed by atoms with E-state index in [0.717, 1.165) is 4.90 Å². The van der Waals surface area contributed by atoms with Gasteiger partial charge < -0.3 is 0 Å². The molecule has 0 bridgehead atoms. The lowest BCUT2D eigenvalue weighted by atomic mass is 10.1. The Bertz CT molecular complexity index is 881. The van der Waals surface area contributed by atoms with Crippen molar-refractivity contribution >= 4 is 17.5 Å². The molecule has 0 spiro atoms. The van der Waals surface area contributed by atoms with Gasteiger partial charge in [0.1, 0.15) is 11.6 Å². The Morgan fingerprint density at radius 2 is 1.36 bits per heavy atom. The molecule has 8 heteroatoms. The van der Waals surface area contributed by atoms with Gasteiger partial charge in [-0.3, -0.25) is 4.79 Å². The summed E-state index contributed by atoms with van der Waals surface area (Å²) in [6.07, 6.45) is 2.75. The average Bonchev–Trinajstić information content (AvgIpc) is 2.65. The van der Waals surface area contributed by atoms with Crippen molar-refractivity contribution in [2.24, 2.45) is 0 Å². The van der Waals surface area contributed by atoms with Crippen LogP contribution in [0.25, 0.3) is 0 Å². The standard InChI is InChI=1S/C17H9F4N3O/c18-11-9-10(14(19)16(21)15(11)20)17(25)24(12-5-1-3-7-22-12)13-6-2-4-8-23-13/h1-9H. The summed E-state index contributed by atoms with van der Waals surface area (Å²) in [4.78, 5) is 21.6. The second-order valence-electron chi connectivity index (χ2n) is 4.86. The first-order valence-corrected chi connectivity index (χ1v) is 7.00. The normalized spacial score (nSPS) is 10.6. The number of carbonyl (C=O) groups excluding carboxylic acids is 1. The summed E-state index contributed by atoms with van der Waals surface area (Å²) in [7, 11) is 0. The van der Waals surface area contributed by atoms with E-state index in [1.807, 2.05) is 0 Å². The fourth-order valence-corrected chi connectivity index (χ4v) is 2.15. The molecule has 4 nitrogen and oxygen atoms in total. The van der Waals surface area contributed by atoms with Gasteiger partial charge >= 0.3 is 0 Å². The second-order valence-corrected chi connectivity index (χ2v) is 4.86. The first-order chi connectivity index (χ1) is 12.0. The van der Waals surface area contributed by atoms with E-state index in [2.05, 4.69) is 9.97 Å². The number of pyridine rings is 2. The van der Waals surface area contributed by atoms with Crippen molar-refractivity contribution in [2.75, 3.05) is 4.90 Å². The van der Waals surface area contributed by atoms with Crippen molar-refractivity contribution in [2.45, 2.75) is 0 Å². The first kappa shape index (κ1) is 16.6. The second kappa shape index (κ2) is 6.68. The molecule has 0 N–H and O–H groups in total. The number of hydrogen-bond donors (Lipinski definition) is 0. The number of hydrogen-bond acceptors (Lipinski definition) is 3. The van der Waals surface area contributed by atoms with Crippen molar-refractivity contribution in [3.05, 3.63) is 83.7 Å². The number of aromatic nitrogens is 2. The summed E-state index contributed by atoms with van der Waals surface area (Å²) >= 11 is 0. The highest BCUT2D eigenvalue weighted by atomic mass is 19.2. The molecule has 0 saturated carbocycles. The molecule has 0 aliphatic rings. The van der Waals surface area contributed by atoms with E-state index in [1.165, 1.54) is 24.5 Å². The van der Waals surface area contributed by atoms with Crippen LogP contribution in [0.1, 0.15) is 10.4 Å². The van der Waals surface area contributed by atoms with E-state index >= 15 is 0 Å². The van der Waals surface area contributed by atoms with Crippen molar-refractivity contribution in [1.29, 1.82) is 0 Å². The summed E-state index contributed by atoms with van der Waals surface area (Å²) in [6, 6.07) is 9.46.